The topological polar surface area (TPSA) is 83.6 Å². The third-order valence-corrected chi connectivity index (χ3v) is 3.05. The Bertz CT molecular complexity index is 466. The van der Waals surface area contributed by atoms with Gasteiger partial charge in [-0.15, -0.1) is 0 Å². The molecule has 1 amide bonds. The van der Waals surface area contributed by atoms with Crippen LogP contribution in [0, 0.1) is 0 Å². The average Bonchev–Trinajstić information content (AvgIpc) is 2.37. The van der Waals surface area contributed by atoms with Crippen LogP contribution in [-0.4, -0.2) is 34.0 Å². The van der Waals surface area contributed by atoms with Gasteiger partial charge in [0.05, 0.1) is 6.42 Å². The van der Waals surface area contributed by atoms with E-state index in [-0.39, 0.29) is 18.9 Å². The molecule has 0 bridgehead atoms. The summed E-state index contributed by atoms with van der Waals surface area (Å²) >= 11 is 0. The van der Waals surface area contributed by atoms with Crippen molar-refractivity contribution in [3.05, 3.63) is 35.9 Å². The van der Waals surface area contributed by atoms with E-state index in [4.69, 9.17) is 10.8 Å². The summed E-state index contributed by atoms with van der Waals surface area (Å²) in [5.41, 5.74) is 6.25. The molecule has 1 rings (SSSR count). The van der Waals surface area contributed by atoms with Crippen molar-refractivity contribution in [3.8, 4) is 0 Å². The number of carboxylic acids is 1. The fourth-order valence-electron chi connectivity index (χ4n) is 1.95. The lowest BCUT2D eigenvalue weighted by Gasteiger charge is -2.37. The predicted octanol–water partition coefficient (Wildman–Crippen LogP) is 1.79. The van der Waals surface area contributed by atoms with Crippen LogP contribution in [-0.2, 0) is 9.59 Å². The van der Waals surface area contributed by atoms with Crippen molar-refractivity contribution >= 4 is 11.9 Å². The summed E-state index contributed by atoms with van der Waals surface area (Å²) in [7, 11) is 0. The number of aliphatic carboxylic acids is 1. The smallest absolute Gasteiger partial charge is 0.305 e. The molecule has 0 unspecified atom stereocenters. The third kappa shape index (κ3) is 4.35. The number of carbonyl (C=O) groups is 2. The summed E-state index contributed by atoms with van der Waals surface area (Å²) in [4.78, 5) is 24.8. The minimum atomic E-state index is -0.930. The van der Waals surface area contributed by atoms with Crippen LogP contribution in [0.15, 0.2) is 30.3 Å². The number of rotatable bonds is 5. The van der Waals surface area contributed by atoms with Crippen LogP contribution < -0.4 is 5.73 Å². The standard InChI is InChI=1S/C15H22N2O3/c1-15(2,3)17(10-9-12(18)19)14(20)13(16)11-7-5-4-6-8-11/h4-8,13H,9-10,16H2,1-3H3,(H,18,19)/t13-/m1/s1. The van der Waals surface area contributed by atoms with E-state index in [0.717, 1.165) is 5.56 Å². The van der Waals surface area contributed by atoms with Crippen molar-refractivity contribution in [2.24, 2.45) is 5.73 Å². The Morgan fingerprint density at radius 1 is 1.25 bits per heavy atom. The van der Waals surface area contributed by atoms with Crippen LogP contribution >= 0.6 is 0 Å². The summed E-state index contributed by atoms with van der Waals surface area (Å²) in [5, 5.41) is 8.80. The highest BCUT2D eigenvalue weighted by Crippen LogP contribution is 2.20. The SMILES string of the molecule is CC(C)(C)N(CCC(=O)O)C(=O)[C@H](N)c1ccccc1. The lowest BCUT2D eigenvalue weighted by atomic mass is 10.0. The van der Waals surface area contributed by atoms with Crippen molar-refractivity contribution in [2.45, 2.75) is 38.8 Å². The molecule has 5 heteroatoms. The quantitative estimate of drug-likeness (QED) is 0.860. The summed E-state index contributed by atoms with van der Waals surface area (Å²) in [6.07, 6.45) is -0.0927. The number of amides is 1. The van der Waals surface area contributed by atoms with Gasteiger partial charge in [0, 0.05) is 12.1 Å². The second-order valence-corrected chi connectivity index (χ2v) is 5.69. The zero-order chi connectivity index (χ0) is 15.3. The first-order chi connectivity index (χ1) is 9.23. The Morgan fingerprint density at radius 3 is 2.25 bits per heavy atom. The number of benzene rings is 1. The van der Waals surface area contributed by atoms with Crippen LogP contribution in [0.3, 0.4) is 0 Å². The number of hydrogen-bond donors (Lipinski definition) is 2. The van der Waals surface area contributed by atoms with Crippen LogP contribution in [0.4, 0.5) is 0 Å². The summed E-state index contributed by atoms with van der Waals surface area (Å²) < 4.78 is 0. The van der Waals surface area contributed by atoms with E-state index < -0.39 is 17.6 Å². The highest BCUT2D eigenvalue weighted by molar-refractivity contribution is 5.84. The molecule has 0 aliphatic rings. The molecule has 0 saturated heterocycles. The largest absolute Gasteiger partial charge is 0.481 e. The van der Waals surface area contributed by atoms with E-state index in [2.05, 4.69) is 0 Å². The molecular weight excluding hydrogens is 256 g/mol. The monoisotopic (exact) mass is 278 g/mol. The van der Waals surface area contributed by atoms with Gasteiger partial charge in [-0.2, -0.15) is 0 Å². The number of carboxylic acid groups (broad SMARTS) is 1. The lowest BCUT2D eigenvalue weighted by Crippen LogP contribution is -2.50. The van der Waals surface area contributed by atoms with Crippen LogP contribution in [0.2, 0.25) is 0 Å². The second kappa shape index (κ2) is 6.52. The molecule has 1 aromatic carbocycles. The molecule has 3 N–H and O–H groups in total. The molecule has 1 aromatic rings. The molecule has 0 heterocycles. The van der Waals surface area contributed by atoms with Gasteiger partial charge in [0.1, 0.15) is 6.04 Å². The van der Waals surface area contributed by atoms with Gasteiger partial charge in [0.25, 0.3) is 0 Å². The van der Waals surface area contributed by atoms with Gasteiger partial charge >= 0.3 is 5.97 Å². The minimum Gasteiger partial charge on any atom is -0.481 e. The molecule has 0 aromatic heterocycles. The van der Waals surface area contributed by atoms with Crippen LogP contribution in [0.25, 0.3) is 0 Å². The molecule has 0 fully saturated rings. The molecule has 20 heavy (non-hydrogen) atoms. The lowest BCUT2D eigenvalue weighted by molar-refractivity contribution is -0.141. The molecule has 0 aliphatic heterocycles. The molecule has 110 valence electrons. The Hall–Kier alpha value is -1.88. The van der Waals surface area contributed by atoms with Gasteiger partial charge in [-0.1, -0.05) is 30.3 Å². The number of nitrogens with two attached hydrogens (primary N) is 1. The second-order valence-electron chi connectivity index (χ2n) is 5.69. The Labute approximate surface area is 119 Å². The highest BCUT2D eigenvalue weighted by atomic mass is 16.4. The minimum absolute atomic E-state index is 0.0927. The van der Waals surface area contributed by atoms with Crippen molar-refractivity contribution in [1.29, 1.82) is 0 Å². The van der Waals surface area contributed by atoms with E-state index >= 15 is 0 Å². The fraction of sp³-hybridized carbons (Fsp3) is 0.467. The van der Waals surface area contributed by atoms with Gasteiger partial charge in [0.2, 0.25) is 5.91 Å². The molecule has 0 spiro atoms. The van der Waals surface area contributed by atoms with Crippen molar-refractivity contribution in [1.82, 2.24) is 4.90 Å². The van der Waals surface area contributed by atoms with Crippen LogP contribution in [0.5, 0.6) is 0 Å². The molecule has 5 nitrogen and oxygen atoms in total. The van der Waals surface area contributed by atoms with Crippen molar-refractivity contribution in [3.63, 3.8) is 0 Å². The first kappa shape index (κ1) is 16.2. The third-order valence-electron chi connectivity index (χ3n) is 3.05. The first-order valence-electron chi connectivity index (χ1n) is 6.57. The number of nitrogens with zero attached hydrogens (tertiary/aromatic N) is 1. The van der Waals surface area contributed by atoms with Crippen molar-refractivity contribution in [2.75, 3.05) is 6.54 Å². The van der Waals surface area contributed by atoms with Gasteiger partial charge in [-0.05, 0) is 26.3 Å². The maximum absolute atomic E-state index is 12.5. The van der Waals surface area contributed by atoms with E-state index in [1.54, 1.807) is 12.1 Å². The van der Waals surface area contributed by atoms with Gasteiger partial charge < -0.3 is 15.7 Å². The Balaban J connectivity index is 2.90. The Morgan fingerprint density at radius 2 is 1.80 bits per heavy atom. The zero-order valence-corrected chi connectivity index (χ0v) is 12.2. The fourth-order valence-corrected chi connectivity index (χ4v) is 1.95. The van der Waals surface area contributed by atoms with E-state index in [1.165, 1.54) is 4.90 Å². The van der Waals surface area contributed by atoms with E-state index in [9.17, 15) is 9.59 Å². The van der Waals surface area contributed by atoms with Crippen LogP contribution in [0.1, 0.15) is 38.8 Å². The summed E-state index contributed by atoms with van der Waals surface area (Å²) in [5.74, 6) is -1.19. The summed E-state index contributed by atoms with van der Waals surface area (Å²) in [6, 6.07) is 8.31. The van der Waals surface area contributed by atoms with E-state index in [1.807, 2.05) is 39.0 Å². The Kier molecular flexibility index (Phi) is 5.27. The first-order valence-corrected chi connectivity index (χ1v) is 6.57. The number of carbonyl (C=O) groups excluding carboxylic acids is 1. The van der Waals surface area contributed by atoms with Gasteiger partial charge in [0.15, 0.2) is 0 Å². The highest BCUT2D eigenvalue weighted by Gasteiger charge is 2.30. The van der Waals surface area contributed by atoms with E-state index in [0.29, 0.717) is 0 Å². The number of hydrogen-bond acceptors (Lipinski definition) is 3. The molecule has 0 aliphatic carbocycles. The maximum Gasteiger partial charge on any atom is 0.305 e. The molecule has 1 atom stereocenters. The van der Waals surface area contributed by atoms with Crippen molar-refractivity contribution < 1.29 is 14.7 Å². The summed E-state index contributed by atoms with van der Waals surface area (Å²) in [6.45, 7) is 5.75. The van der Waals surface area contributed by atoms with Gasteiger partial charge in [-0.25, -0.2) is 0 Å². The molecule has 0 saturated carbocycles. The molecule has 0 radical (unpaired) electrons. The maximum atomic E-state index is 12.5. The predicted molar refractivity (Wildman–Crippen MR) is 77.1 cm³/mol. The molecular formula is C15H22N2O3. The zero-order valence-electron chi connectivity index (χ0n) is 12.2. The normalized spacial score (nSPS) is 12.8. The van der Waals surface area contributed by atoms with Gasteiger partial charge in [-0.3, -0.25) is 9.59 Å². The average molecular weight is 278 g/mol.